The van der Waals surface area contributed by atoms with Crippen molar-refractivity contribution in [2.24, 2.45) is 0 Å². The van der Waals surface area contributed by atoms with Crippen LogP contribution in [0.25, 0.3) is 17.1 Å². The molecule has 0 saturated carbocycles. The van der Waals surface area contributed by atoms with E-state index in [9.17, 15) is 4.79 Å². The first-order valence-electron chi connectivity index (χ1n) is 9.77. The van der Waals surface area contributed by atoms with E-state index < -0.39 is 0 Å². The van der Waals surface area contributed by atoms with Gasteiger partial charge in [0.2, 0.25) is 0 Å². The number of H-pyrrole nitrogens is 1. The lowest BCUT2D eigenvalue weighted by Gasteiger charge is -2.08. The molecule has 0 saturated heterocycles. The van der Waals surface area contributed by atoms with Crippen molar-refractivity contribution in [2.45, 2.75) is 10.9 Å². The van der Waals surface area contributed by atoms with Crippen LogP contribution in [-0.4, -0.2) is 30.0 Å². The summed E-state index contributed by atoms with van der Waals surface area (Å²) in [6, 6.07) is 20.9. The summed E-state index contributed by atoms with van der Waals surface area (Å²) < 4.78 is 10.7. The number of methoxy groups -OCH3 is 2. The average Bonchev–Trinajstić information content (AvgIpc) is 3.24. The molecule has 0 radical (unpaired) electrons. The number of nitrogens with zero attached hydrogens (tertiary/aromatic N) is 1. The lowest BCUT2D eigenvalue weighted by molar-refractivity contribution is 0.104. The average molecular weight is 431 g/mol. The summed E-state index contributed by atoms with van der Waals surface area (Å²) >= 11 is 1.61. The Morgan fingerprint density at radius 3 is 2.58 bits per heavy atom. The van der Waals surface area contributed by atoms with Crippen LogP contribution in [0.4, 0.5) is 0 Å². The van der Waals surface area contributed by atoms with Crippen molar-refractivity contribution in [3.05, 3.63) is 89.5 Å². The Balaban J connectivity index is 1.48. The number of rotatable bonds is 8. The second kappa shape index (κ2) is 9.53. The summed E-state index contributed by atoms with van der Waals surface area (Å²) in [6.07, 6.45) is 3.40. The van der Waals surface area contributed by atoms with E-state index >= 15 is 0 Å². The van der Waals surface area contributed by atoms with Gasteiger partial charge >= 0.3 is 0 Å². The minimum absolute atomic E-state index is 0.0586. The van der Waals surface area contributed by atoms with Crippen LogP contribution < -0.4 is 9.47 Å². The van der Waals surface area contributed by atoms with Gasteiger partial charge in [0.05, 0.1) is 25.3 Å². The number of ether oxygens (including phenoxy) is 2. The minimum atomic E-state index is -0.0586. The lowest BCUT2D eigenvalue weighted by Crippen LogP contribution is -1.95. The van der Waals surface area contributed by atoms with Gasteiger partial charge in [-0.3, -0.25) is 4.79 Å². The highest BCUT2D eigenvalue weighted by Crippen LogP contribution is 2.29. The number of hydrogen-bond acceptors (Lipinski definition) is 5. The van der Waals surface area contributed by atoms with Crippen molar-refractivity contribution in [1.82, 2.24) is 9.97 Å². The summed E-state index contributed by atoms with van der Waals surface area (Å²) in [7, 11) is 3.26. The largest absolute Gasteiger partial charge is 0.497 e. The maximum absolute atomic E-state index is 12.5. The summed E-state index contributed by atoms with van der Waals surface area (Å²) in [5.41, 5.74) is 4.55. The molecule has 0 unspecified atom stereocenters. The van der Waals surface area contributed by atoms with E-state index in [4.69, 9.17) is 9.47 Å². The number of imidazole rings is 1. The fourth-order valence-corrected chi connectivity index (χ4v) is 4.05. The Hall–Kier alpha value is -3.51. The number of aromatic nitrogens is 2. The molecule has 0 amide bonds. The van der Waals surface area contributed by atoms with Gasteiger partial charge in [0.25, 0.3) is 0 Å². The fraction of sp³-hybridized carbons (Fsp3) is 0.120. The van der Waals surface area contributed by atoms with Gasteiger partial charge in [-0.25, -0.2) is 4.98 Å². The van der Waals surface area contributed by atoms with Crippen LogP contribution in [0.15, 0.2) is 78.0 Å². The van der Waals surface area contributed by atoms with Crippen molar-refractivity contribution in [3.8, 4) is 11.5 Å². The van der Waals surface area contributed by atoms with Crippen molar-refractivity contribution >= 4 is 34.7 Å². The van der Waals surface area contributed by atoms with Crippen LogP contribution in [0, 0.1) is 0 Å². The van der Waals surface area contributed by atoms with Crippen molar-refractivity contribution in [2.75, 3.05) is 14.2 Å². The minimum Gasteiger partial charge on any atom is -0.497 e. The number of para-hydroxylation sites is 2. The third-order valence-electron chi connectivity index (χ3n) is 4.84. The van der Waals surface area contributed by atoms with Crippen LogP contribution >= 0.6 is 11.8 Å². The highest BCUT2D eigenvalue weighted by Gasteiger charge is 2.08. The van der Waals surface area contributed by atoms with Crippen molar-refractivity contribution in [3.63, 3.8) is 0 Å². The molecule has 0 aliphatic rings. The molecule has 0 fully saturated rings. The molecule has 1 heterocycles. The lowest BCUT2D eigenvalue weighted by atomic mass is 10.1. The SMILES string of the molecule is COc1ccc(C(=O)C=Cc2ccc(OC)c(CSc3nc4ccccc4[nH]3)c2)cc1. The number of hydrogen-bond donors (Lipinski definition) is 1. The maximum Gasteiger partial charge on any atom is 0.185 e. The third kappa shape index (κ3) is 4.98. The molecule has 4 aromatic rings. The van der Waals surface area contributed by atoms with E-state index in [1.165, 1.54) is 0 Å². The monoisotopic (exact) mass is 430 g/mol. The zero-order valence-electron chi connectivity index (χ0n) is 17.3. The van der Waals surface area contributed by atoms with Gasteiger partial charge in [-0.05, 0) is 60.2 Å². The van der Waals surface area contributed by atoms with Gasteiger partial charge in [-0.1, -0.05) is 36.0 Å². The number of allylic oxidation sites excluding steroid dienone is 1. The topological polar surface area (TPSA) is 64.2 Å². The van der Waals surface area contributed by atoms with Gasteiger partial charge < -0.3 is 14.5 Å². The fourth-order valence-electron chi connectivity index (χ4n) is 3.18. The summed E-state index contributed by atoms with van der Waals surface area (Å²) in [5.74, 6) is 2.16. The number of nitrogens with one attached hydrogen (secondary N) is 1. The quantitative estimate of drug-likeness (QED) is 0.218. The van der Waals surface area contributed by atoms with Gasteiger partial charge in [0.15, 0.2) is 10.9 Å². The van der Waals surface area contributed by atoms with Crippen molar-refractivity contribution in [1.29, 1.82) is 0 Å². The number of thioether (sulfide) groups is 1. The molecule has 1 aromatic heterocycles. The number of ketones is 1. The van der Waals surface area contributed by atoms with Gasteiger partial charge in [-0.2, -0.15) is 0 Å². The third-order valence-corrected chi connectivity index (χ3v) is 5.76. The molecule has 31 heavy (non-hydrogen) atoms. The number of carbonyl (C=O) groups is 1. The molecule has 1 N–H and O–H groups in total. The van der Waals surface area contributed by atoms with Crippen LogP contribution in [0.3, 0.4) is 0 Å². The van der Waals surface area contributed by atoms with Gasteiger partial charge in [0, 0.05) is 16.9 Å². The van der Waals surface area contributed by atoms with Crippen LogP contribution in [0.1, 0.15) is 21.5 Å². The Bertz CT molecular complexity index is 1200. The summed E-state index contributed by atoms with van der Waals surface area (Å²) in [5, 5.41) is 0.860. The summed E-state index contributed by atoms with van der Waals surface area (Å²) in [4.78, 5) is 20.4. The van der Waals surface area contributed by atoms with E-state index in [0.29, 0.717) is 11.3 Å². The maximum atomic E-state index is 12.5. The highest BCUT2D eigenvalue weighted by molar-refractivity contribution is 7.98. The second-order valence-corrected chi connectivity index (χ2v) is 7.81. The second-order valence-electron chi connectivity index (χ2n) is 6.85. The molecule has 5 nitrogen and oxygen atoms in total. The predicted octanol–water partition coefficient (Wildman–Crippen LogP) is 5.77. The standard InChI is InChI=1S/C25H22N2O3S/c1-29-20-11-9-18(10-12-20)23(28)13-7-17-8-14-24(30-2)19(15-17)16-31-25-26-21-5-3-4-6-22(21)27-25/h3-15H,16H2,1-2H3,(H,26,27). The van der Waals surface area contributed by atoms with Crippen LogP contribution in [0.5, 0.6) is 11.5 Å². The highest BCUT2D eigenvalue weighted by atomic mass is 32.2. The predicted molar refractivity (Wildman–Crippen MR) is 125 cm³/mol. The van der Waals surface area contributed by atoms with E-state index in [0.717, 1.165) is 38.8 Å². The Labute approximate surface area is 185 Å². The number of fused-ring (bicyclic) bond motifs is 1. The number of carbonyl (C=O) groups excluding carboxylic acids is 1. The molecular weight excluding hydrogens is 408 g/mol. The smallest absolute Gasteiger partial charge is 0.185 e. The molecule has 0 aliphatic heterocycles. The van der Waals surface area contributed by atoms with Crippen LogP contribution in [0.2, 0.25) is 0 Å². The molecule has 0 bridgehead atoms. The number of benzene rings is 3. The molecule has 6 heteroatoms. The molecule has 156 valence electrons. The molecule has 0 atom stereocenters. The van der Waals surface area contributed by atoms with Gasteiger partial charge in [-0.15, -0.1) is 0 Å². The molecule has 0 aliphatic carbocycles. The van der Waals surface area contributed by atoms with Crippen LogP contribution in [-0.2, 0) is 5.75 Å². The molecule has 4 rings (SSSR count). The molecule has 3 aromatic carbocycles. The molecular formula is C25H22N2O3S. The summed E-state index contributed by atoms with van der Waals surface area (Å²) in [6.45, 7) is 0. The normalized spacial score (nSPS) is 11.2. The first kappa shape index (κ1) is 20.8. The van der Waals surface area contributed by atoms with E-state index in [2.05, 4.69) is 9.97 Å². The van der Waals surface area contributed by atoms with Crippen molar-refractivity contribution < 1.29 is 14.3 Å². The zero-order valence-corrected chi connectivity index (χ0v) is 18.1. The van der Waals surface area contributed by atoms with E-state index in [1.807, 2.05) is 48.5 Å². The Morgan fingerprint density at radius 1 is 1.03 bits per heavy atom. The Morgan fingerprint density at radius 2 is 1.84 bits per heavy atom. The van der Waals surface area contributed by atoms with E-state index in [1.54, 1.807) is 56.3 Å². The number of aromatic amines is 1. The Kier molecular flexibility index (Phi) is 6.38. The first-order valence-corrected chi connectivity index (χ1v) is 10.8. The van der Waals surface area contributed by atoms with E-state index in [-0.39, 0.29) is 5.78 Å². The molecule has 0 spiro atoms. The van der Waals surface area contributed by atoms with Gasteiger partial charge in [0.1, 0.15) is 11.5 Å². The zero-order chi connectivity index (χ0) is 21.6. The first-order chi connectivity index (χ1) is 15.2.